The molecule has 1 aromatic heterocycles. The van der Waals surface area contributed by atoms with E-state index in [1.54, 1.807) is 13.3 Å². The van der Waals surface area contributed by atoms with Crippen LogP contribution in [-0.4, -0.2) is 22.6 Å². The molecule has 2 aromatic carbocycles. The quantitative estimate of drug-likeness (QED) is 0.766. The van der Waals surface area contributed by atoms with Gasteiger partial charge in [-0.05, 0) is 43.7 Å². The fourth-order valence-electron chi connectivity index (χ4n) is 3.07. The molecule has 0 aliphatic carbocycles. The molecule has 0 aliphatic heterocycles. The first-order valence-electron chi connectivity index (χ1n) is 8.48. The summed E-state index contributed by atoms with van der Waals surface area (Å²) in [7, 11) is 3.55. The Kier molecular flexibility index (Phi) is 5.07. The summed E-state index contributed by atoms with van der Waals surface area (Å²) in [6, 6.07) is 13.1. The summed E-state index contributed by atoms with van der Waals surface area (Å²) in [6.45, 7) is 3.98. The van der Waals surface area contributed by atoms with Crippen LogP contribution in [0, 0.1) is 13.8 Å². The predicted octanol–water partition coefficient (Wildman–Crippen LogP) is 3.56. The molecule has 1 amide bonds. The van der Waals surface area contributed by atoms with Gasteiger partial charge < -0.3 is 14.6 Å². The number of aromatic nitrogens is 2. The van der Waals surface area contributed by atoms with Gasteiger partial charge in [-0.1, -0.05) is 29.3 Å². The number of hydrogen-bond acceptors (Lipinski definition) is 3. The van der Waals surface area contributed by atoms with Crippen LogP contribution in [-0.2, 0) is 7.05 Å². The number of imidazole rings is 1. The number of methoxy groups -OCH3 is 1. The van der Waals surface area contributed by atoms with Crippen molar-refractivity contribution in [1.29, 1.82) is 0 Å². The van der Waals surface area contributed by atoms with Gasteiger partial charge in [0.25, 0.3) is 5.91 Å². The molecule has 0 radical (unpaired) electrons. The maximum absolute atomic E-state index is 12.9. The number of carbonyl (C=O) groups excluding carboxylic acids is 1. The van der Waals surface area contributed by atoms with Crippen molar-refractivity contribution in [3.63, 3.8) is 0 Å². The van der Waals surface area contributed by atoms with Gasteiger partial charge in [-0.25, -0.2) is 4.98 Å². The zero-order chi connectivity index (χ0) is 18.7. The topological polar surface area (TPSA) is 56.1 Å². The number of nitrogens with one attached hydrogen (secondary N) is 1. The van der Waals surface area contributed by atoms with Gasteiger partial charge in [0.15, 0.2) is 0 Å². The monoisotopic (exact) mass is 349 g/mol. The van der Waals surface area contributed by atoms with Gasteiger partial charge >= 0.3 is 0 Å². The summed E-state index contributed by atoms with van der Waals surface area (Å²) >= 11 is 0. The Balaban J connectivity index is 1.95. The molecule has 26 heavy (non-hydrogen) atoms. The van der Waals surface area contributed by atoms with Crippen LogP contribution in [0.3, 0.4) is 0 Å². The summed E-state index contributed by atoms with van der Waals surface area (Å²) in [5.74, 6) is 1.42. The minimum absolute atomic E-state index is 0.124. The summed E-state index contributed by atoms with van der Waals surface area (Å²) in [5.41, 5.74) is 3.72. The van der Waals surface area contributed by atoms with Crippen molar-refractivity contribution in [3.05, 3.63) is 82.9 Å². The first-order chi connectivity index (χ1) is 12.5. The molecule has 1 atom stereocenters. The van der Waals surface area contributed by atoms with Crippen LogP contribution in [0.2, 0.25) is 0 Å². The van der Waals surface area contributed by atoms with Crippen molar-refractivity contribution >= 4 is 5.91 Å². The Morgan fingerprint density at radius 2 is 1.77 bits per heavy atom. The number of hydrogen-bond donors (Lipinski definition) is 1. The van der Waals surface area contributed by atoms with E-state index in [2.05, 4.69) is 16.4 Å². The van der Waals surface area contributed by atoms with Crippen molar-refractivity contribution in [1.82, 2.24) is 14.9 Å². The SMILES string of the molecule is COc1ccc([C@H](NC(=O)c2cc(C)cc(C)c2)c2nccn2C)cc1. The van der Waals surface area contributed by atoms with Gasteiger partial charge in [-0.15, -0.1) is 0 Å². The standard InChI is InChI=1S/C21H23N3O2/c1-14-11-15(2)13-17(12-14)21(25)23-19(20-22-9-10-24(20)3)16-5-7-18(26-4)8-6-16/h5-13,19H,1-4H3,(H,23,25)/t19-/m0/s1. The maximum atomic E-state index is 12.9. The third-order valence-corrected chi connectivity index (χ3v) is 4.33. The van der Waals surface area contributed by atoms with E-state index in [1.807, 2.05) is 68.1 Å². The van der Waals surface area contributed by atoms with Crippen LogP contribution in [0.15, 0.2) is 54.9 Å². The van der Waals surface area contributed by atoms with E-state index in [9.17, 15) is 4.79 Å². The van der Waals surface area contributed by atoms with Crippen molar-refractivity contribution in [3.8, 4) is 5.75 Å². The molecule has 1 heterocycles. The molecule has 5 nitrogen and oxygen atoms in total. The second-order valence-corrected chi connectivity index (χ2v) is 6.45. The Bertz CT molecular complexity index is 893. The zero-order valence-corrected chi connectivity index (χ0v) is 15.5. The molecule has 0 bridgehead atoms. The van der Waals surface area contributed by atoms with Gasteiger partial charge in [-0.2, -0.15) is 0 Å². The van der Waals surface area contributed by atoms with E-state index in [0.29, 0.717) is 5.56 Å². The Morgan fingerprint density at radius 3 is 2.31 bits per heavy atom. The summed E-state index contributed by atoms with van der Waals surface area (Å²) < 4.78 is 7.15. The summed E-state index contributed by atoms with van der Waals surface area (Å²) in [6.07, 6.45) is 3.60. The molecule has 0 fully saturated rings. The minimum Gasteiger partial charge on any atom is -0.497 e. The average molecular weight is 349 g/mol. The highest BCUT2D eigenvalue weighted by Gasteiger charge is 2.21. The molecule has 0 unspecified atom stereocenters. The molecule has 0 saturated heterocycles. The number of nitrogens with zero attached hydrogens (tertiary/aromatic N) is 2. The maximum Gasteiger partial charge on any atom is 0.252 e. The average Bonchev–Trinajstić information content (AvgIpc) is 3.04. The van der Waals surface area contributed by atoms with E-state index < -0.39 is 0 Å². The van der Waals surface area contributed by atoms with Crippen LogP contribution in [0.25, 0.3) is 0 Å². The van der Waals surface area contributed by atoms with Gasteiger partial charge in [0, 0.05) is 25.0 Å². The van der Waals surface area contributed by atoms with Crippen molar-refractivity contribution in [2.24, 2.45) is 7.05 Å². The molecule has 1 N–H and O–H groups in total. The Hall–Kier alpha value is -3.08. The fraction of sp³-hybridized carbons (Fsp3) is 0.238. The van der Waals surface area contributed by atoms with Crippen molar-refractivity contribution in [2.75, 3.05) is 7.11 Å². The summed E-state index contributed by atoms with van der Waals surface area (Å²) in [5, 5.41) is 3.12. The molecule has 3 rings (SSSR count). The number of ether oxygens (including phenoxy) is 1. The second kappa shape index (κ2) is 7.44. The lowest BCUT2D eigenvalue weighted by molar-refractivity contribution is 0.0941. The second-order valence-electron chi connectivity index (χ2n) is 6.45. The van der Waals surface area contributed by atoms with E-state index in [4.69, 9.17) is 4.74 Å². The predicted molar refractivity (Wildman–Crippen MR) is 101 cm³/mol. The first kappa shape index (κ1) is 17.7. The van der Waals surface area contributed by atoms with Gasteiger partial charge in [0.1, 0.15) is 17.6 Å². The number of amides is 1. The lowest BCUT2D eigenvalue weighted by Crippen LogP contribution is -2.31. The highest BCUT2D eigenvalue weighted by Crippen LogP contribution is 2.23. The minimum atomic E-state index is -0.353. The van der Waals surface area contributed by atoms with Gasteiger partial charge in [-0.3, -0.25) is 4.79 Å². The molecule has 0 spiro atoms. The van der Waals surface area contributed by atoms with Crippen molar-refractivity contribution in [2.45, 2.75) is 19.9 Å². The smallest absolute Gasteiger partial charge is 0.252 e. The lowest BCUT2D eigenvalue weighted by Gasteiger charge is -2.20. The van der Waals surface area contributed by atoms with Gasteiger partial charge in [0.05, 0.1) is 7.11 Å². The van der Waals surface area contributed by atoms with E-state index in [-0.39, 0.29) is 11.9 Å². The molecular weight excluding hydrogens is 326 g/mol. The normalized spacial score (nSPS) is 11.8. The van der Waals surface area contributed by atoms with Crippen LogP contribution in [0.5, 0.6) is 5.75 Å². The van der Waals surface area contributed by atoms with Crippen LogP contribution in [0.1, 0.15) is 38.9 Å². The van der Waals surface area contributed by atoms with E-state index in [1.165, 1.54) is 0 Å². The number of carbonyl (C=O) groups is 1. The van der Waals surface area contributed by atoms with Gasteiger partial charge in [0.2, 0.25) is 0 Å². The highest BCUT2D eigenvalue weighted by molar-refractivity contribution is 5.95. The lowest BCUT2D eigenvalue weighted by atomic mass is 10.0. The number of rotatable bonds is 5. The summed E-state index contributed by atoms with van der Waals surface area (Å²) in [4.78, 5) is 17.3. The van der Waals surface area contributed by atoms with Crippen LogP contribution in [0.4, 0.5) is 0 Å². The van der Waals surface area contributed by atoms with Crippen LogP contribution >= 0.6 is 0 Å². The molecule has 134 valence electrons. The third-order valence-electron chi connectivity index (χ3n) is 4.33. The largest absolute Gasteiger partial charge is 0.497 e. The number of aryl methyl sites for hydroxylation is 3. The molecule has 5 heteroatoms. The fourth-order valence-corrected chi connectivity index (χ4v) is 3.07. The Morgan fingerprint density at radius 1 is 1.12 bits per heavy atom. The molecule has 3 aromatic rings. The van der Waals surface area contributed by atoms with Crippen molar-refractivity contribution < 1.29 is 9.53 Å². The van der Waals surface area contributed by atoms with E-state index in [0.717, 1.165) is 28.3 Å². The number of benzene rings is 2. The Labute approximate surface area is 153 Å². The van der Waals surface area contributed by atoms with Crippen LogP contribution < -0.4 is 10.1 Å². The zero-order valence-electron chi connectivity index (χ0n) is 15.5. The highest BCUT2D eigenvalue weighted by atomic mass is 16.5. The molecule has 0 saturated carbocycles. The molecule has 0 aliphatic rings. The third kappa shape index (κ3) is 3.77. The van der Waals surface area contributed by atoms with E-state index >= 15 is 0 Å². The molecular formula is C21H23N3O2. The first-order valence-corrected chi connectivity index (χ1v) is 8.48.